The normalized spacial score (nSPS) is 10.8. The zero-order valence-corrected chi connectivity index (χ0v) is 15.6. The van der Waals surface area contributed by atoms with Crippen LogP contribution < -0.4 is 5.32 Å². The Morgan fingerprint density at radius 1 is 1.00 bits per heavy atom. The smallest absolute Gasteiger partial charge is 0.252 e. The minimum absolute atomic E-state index is 0.190. The number of carbonyl (C=O) groups is 1. The number of hydrogen-bond acceptors (Lipinski definition) is 4. The first-order valence-electron chi connectivity index (χ1n) is 8.70. The summed E-state index contributed by atoms with van der Waals surface area (Å²) in [5.41, 5.74) is 2.07. The predicted molar refractivity (Wildman–Crippen MR) is 108 cm³/mol. The molecule has 0 aliphatic heterocycles. The van der Waals surface area contributed by atoms with Crippen LogP contribution in [0.25, 0.3) is 10.9 Å². The van der Waals surface area contributed by atoms with Crippen molar-refractivity contribution in [2.75, 3.05) is 0 Å². The number of pyridine rings is 2. The fraction of sp³-hybridized carbons (Fsp3) is 0.0455. The summed E-state index contributed by atoms with van der Waals surface area (Å²) in [7, 11) is 0. The maximum absolute atomic E-state index is 13.1. The van der Waals surface area contributed by atoms with E-state index in [1.165, 1.54) is 23.9 Å². The molecule has 4 nitrogen and oxygen atoms in total. The minimum Gasteiger partial charge on any atom is -0.346 e. The van der Waals surface area contributed by atoms with Crippen molar-refractivity contribution in [3.05, 3.63) is 96.1 Å². The fourth-order valence-electron chi connectivity index (χ4n) is 2.78. The molecular weight excluding hydrogens is 373 g/mol. The van der Waals surface area contributed by atoms with Gasteiger partial charge < -0.3 is 5.32 Å². The second-order valence-corrected chi connectivity index (χ2v) is 7.18. The maximum Gasteiger partial charge on any atom is 0.252 e. The van der Waals surface area contributed by atoms with Crippen LogP contribution in [-0.4, -0.2) is 15.9 Å². The van der Waals surface area contributed by atoms with Crippen molar-refractivity contribution in [3.63, 3.8) is 0 Å². The van der Waals surface area contributed by atoms with Crippen LogP contribution in [0.3, 0.4) is 0 Å². The first-order valence-corrected chi connectivity index (χ1v) is 9.52. The van der Waals surface area contributed by atoms with Gasteiger partial charge in [0.15, 0.2) is 0 Å². The lowest BCUT2D eigenvalue weighted by molar-refractivity contribution is 0.0951. The van der Waals surface area contributed by atoms with Gasteiger partial charge in [0.25, 0.3) is 5.91 Å². The molecule has 1 amide bonds. The van der Waals surface area contributed by atoms with Gasteiger partial charge in [-0.3, -0.25) is 9.78 Å². The van der Waals surface area contributed by atoms with E-state index in [0.717, 1.165) is 21.5 Å². The number of benzene rings is 2. The molecule has 0 aliphatic carbocycles. The molecule has 0 atom stereocenters. The van der Waals surface area contributed by atoms with Crippen molar-refractivity contribution in [3.8, 4) is 0 Å². The number of rotatable bonds is 5. The molecule has 28 heavy (non-hydrogen) atoms. The van der Waals surface area contributed by atoms with E-state index in [4.69, 9.17) is 0 Å². The Bertz CT molecular complexity index is 1120. The van der Waals surface area contributed by atoms with Crippen molar-refractivity contribution in [2.45, 2.75) is 16.5 Å². The molecule has 4 aromatic rings. The van der Waals surface area contributed by atoms with E-state index >= 15 is 0 Å². The van der Waals surface area contributed by atoms with Crippen LogP contribution in [0.2, 0.25) is 0 Å². The van der Waals surface area contributed by atoms with Crippen molar-refractivity contribution in [2.24, 2.45) is 0 Å². The van der Waals surface area contributed by atoms with Gasteiger partial charge in [-0.15, -0.1) is 0 Å². The highest BCUT2D eigenvalue weighted by molar-refractivity contribution is 7.99. The second-order valence-electron chi connectivity index (χ2n) is 6.08. The molecular formula is C22H16FN3OS. The van der Waals surface area contributed by atoms with E-state index in [1.807, 2.05) is 42.5 Å². The summed E-state index contributed by atoms with van der Waals surface area (Å²) < 4.78 is 13.1. The average molecular weight is 389 g/mol. The van der Waals surface area contributed by atoms with E-state index in [9.17, 15) is 9.18 Å². The van der Waals surface area contributed by atoms with Crippen LogP contribution in [0.1, 0.15) is 16.1 Å². The summed E-state index contributed by atoms with van der Waals surface area (Å²) in [6.45, 7) is 0.344. The van der Waals surface area contributed by atoms with Crippen molar-refractivity contribution in [1.29, 1.82) is 0 Å². The second kappa shape index (κ2) is 8.19. The van der Waals surface area contributed by atoms with Crippen LogP contribution >= 0.6 is 11.8 Å². The molecule has 0 saturated heterocycles. The average Bonchev–Trinajstić information content (AvgIpc) is 2.74. The Hall–Kier alpha value is -3.25. The van der Waals surface area contributed by atoms with E-state index in [2.05, 4.69) is 15.3 Å². The van der Waals surface area contributed by atoms with Gasteiger partial charge in [0, 0.05) is 16.5 Å². The summed E-state index contributed by atoms with van der Waals surface area (Å²) in [6.07, 6.45) is 1.70. The topological polar surface area (TPSA) is 54.9 Å². The summed E-state index contributed by atoms with van der Waals surface area (Å²) in [5.74, 6) is -0.476. The van der Waals surface area contributed by atoms with Gasteiger partial charge in [0.05, 0.1) is 23.3 Å². The summed E-state index contributed by atoms with van der Waals surface area (Å²) >= 11 is 1.39. The number of nitrogens with zero attached hydrogens (tertiary/aromatic N) is 2. The first kappa shape index (κ1) is 18.1. The lowest BCUT2D eigenvalue weighted by atomic mass is 10.1. The molecule has 0 saturated carbocycles. The van der Waals surface area contributed by atoms with Crippen molar-refractivity contribution in [1.82, 2.24) is 15.3 Å². The molecule has 0 unspecified atom stereocenters. The zero-order chi connectivity index (χ0) is 19.3. The molecule has 2 aromatic heterocycles. The molecule has 0 aliphatic rings. The highest BCUT2D eigenvalue weighted by atomic mass is 32.2. The number of amides is 1. The monoisotopic (exact) mass is 389 g/mol. The van der Waals surface area contributed by atoms with E-state index < -0.39 is 0 Å². The fourth-order valence-corrected chi connectivity index (χ4v) is 3.62. The lowest BCUT2D eigenvalue weighted by Crippen LogP contribution is -2.23. The Labute approximate surface area is 165 Å². The summed E-state index contributed by atoms with van der Waals surface area (Å²) in [4.78, 5) is 22.6. The van der Waals surface area contributed by atoms with E-state index in [0.29, 0.717) is 17.1 Å². The van der Waals surface area contributed by atoms with Gasteiger partial charge in [0.1, 0.15) is 10.8 Å². The third-order valence-corrected chi connectivity index (χ3v) is 5.06. The molecule has 4 rings (SSSR count). The molecule has 0 fully saturated rings. The zero-order valence-electron chi connectivity index (χ0n) is 14.8. The Kier molecular flexibility index (Phi) is 5.30. The van der Waals surface area contributed by atoms with Crippen LogP contribution in [0.15, 0.2) is 88.9 Å². The number of carbonyl (C=O) groups excluding carboxylic acids is 1. The van der Waals surface area contributed by atoms with Crippen LogP contribution in [-0.2, 0) is 6.54 Å². The van der Waals surface area contributed by atoms with Crippen molar-refractivity contribution < 1.29 is 9.18 Å². The number of hydrogen-bond donors (Lipinski definition) is 1. The van der Waals surface area contributed by atoms with E-state index in [1.54, 1.807) is 24.4 Å². The number of para-hydroxylation sites is 1. The van der Waals surface area contributed by atoms with E-state index in [-0.39, 0.29) is 11.7 Å². The molecule has 2 aromatic carbocycles. The highest BCUT2D eigenvalue weighted by Gasteiger charge is 2.14. The molecule has 6 heteroatoms. The molecule has 0 spiro atoms. The predicted octanol–water partition coefficient (Wildman–Crippen LogP) is 4.85. The Balaban J connectivity index is 1.64. The van der Waals surface area contributed by atoms with Gasteiger partial charge in [0.2, 0.25) is 0 Å². The number of fused-ring (bicyclic) bond motifs is 1. The molecule has 0 radical (unpaired) electrons. The molecule has 1 N–H and O–H groups in total. The molecule has 2 heterocycles. The SMILES string of the molecule is O=C(NCc1ccccn1)c1cc(Sc2ccc(F)cc2)nc2ccccc12. The lowest BCUT2D eigenvalue weighted by Gasteiger charge is -2.10. The third kappa shape index (κ3) is 4.18. The third-order valence-electron chi connectivity index (χ3n) is 4.13. The number of aromatic nitrogens is 2. The first-order chi connectivity index (χ1) is 13.7. The molecule has 138 valence electrons. The molecule has 0 bridgehead atoms. The van der Waals surface area contributed by atoms with Gasteiger partial charge in [-0.1, -0.05) is 36.0 Å². The largest absolute Gasteiger partial charge is 0.346 e. The minimum atomic E-state index is -0.287. The Morgan fingerprint density at radius 3 is 2.57 bits per heavy atom. The standard InChI is InChI=1S/C22H16FN3OS/c23-15-8-10-17(11-9-15)28-21-13-19(18-6-1-2-7-20(18)26-21)22(27)25-14-16-5-3-4-12-24-16/h1-13H,14H2,(H,25,27). The maximum atomic E-state index is 13.1. The van der Waals surface area contributed by atoms with Gasteiger partial charge in [-0.25, -0.2) is 9.37 Å². The van der Waals surface area contributed by atoms with Crippen LogP contribution in [0.4, 0.5) is 4.39 Å². The number of halogens is 1. The Morgan fingerprint density at radius 2 is 1.79 bits per heavy atom. The number of nitrogens with one attached hydrogen (secondary N) is 1. The van der Waals surface area contributed by atoms with Gasteiger partial charge in [-0.05, 0) is 48.5 Å². The van der Waals surface area contributed by atoms with Crippen LogP contribution in [0, 0.1) is 5.82 Å². The van der Waals surface area contributed by atoms with Gasteiger partial charge >= 0.3 is 0 Å². The quantitative estimate of drug-likeness (QED) is 0.530. The van der Waals surface area contributed by atoms with Crippen molar-refractivity contribution >= 4 is 28.6 Å². The highest BCUT2D eigenvalue weighted by Crippen LogP contribution is 2.30. The van der Waals surface area contributed by atoms with Crippen LogP contribution in [0.5, 0.6) is 0 Å². The summed E-state index contributed by atoms with van der Waals surface area (Å²) in [6, 6.07) is 21.1. The van der Waals surface area contributed by atoms with Gasteiger partial charge in [-0.2, -0.15) is 0 Å². The summed E-state index contributed by atoms with van der Waals surface area (Å²) in [5, 5.41) is 4.37.